The van der Waals surface area contributed by atoms with Crippen molar-refractivity contribution >= 4 is 11.3 Å². The van der Waals surface area contributed by atoms with Crippen LogP contribution in [-0.4, -0.2) is 21.8 Å². The van der Waals surface area contributed by atoms with E-state index >= 15 is 0 Å². The van der Waals surface area contributed by atoms with E-state index in [0.29, 0.717) is 0 Å². The molecule has 2 heterocycles. The fraction of sp³-hybridized carbons (Fsp3) is 0.500. The molecule has 2 rings (SSSR count). The highest BCUT2D eigenvalue weighted by molar-refractivity contribution is 7.11. The summed E-state index contributed by atoms with van der Waals surface area (Å²) >= 11 is 1.73. The minimum Gasteiger partial charge on any atom is -0.309 e. The molecule has 1 atom stereocenters. The van der Waals surface area contributed by atoms with Gasteiger partial charge in [0.15, 0.2) is 0 Å². The molecule has 0 radical (unpaired) electrons. The summed E-state index contributed by atoms with van der Waals surface area (Å²) < 4.78 is 1.99. The Morgan fingerprint density at radius 1 is 1.47 bits per heavy atom. The van der Waals surface area contributed by atoms with Gasteiger partial charge in [-0.15, -0.1) is 11.3 Å². The first-order valence-corrected chi connectivity index (χ1v) is 6.68. The number of thiazole rings is 1. The summed E-state index contributed by atoms with van der Waals surface area (Å²) in [6.07, 6.45) is 7.09. The molecule has 17 heavy (non-hydrogen) atoms. The number of aromatic nitrogens is 3. The van der Waals surface area contributed by atoms with Gasteiger partial charge in [-0.1, -0.05) is 6.92 Å². The summed E-state index contributed by atoms with van der Waals surface area (Å²) in [4.78, 5) is 5.54. The molecule has 4 nitrogen and oxygen atoms in total. The predicted octanol–water partition coefficient (Wildman–Crippen LogP) is 2.37. The van der Waals surface area contributed by atoms with Crippen molar-refractivity contribution in [2.24, 2.45) is 0 Å². The molecule has 1 N–H and O–H groups in total. The van der Waals surface area contributed by atoms with Gasteiger partial charge in [0, 0.05) is 29.4 Å². The van der Waals surface area contributed by atoms with Gasteiger partial charge in [0.05, 0.1) is 17.2 Å². The number of hydrogen-bond acceptors (Lipinski definition) is 4. The van der Waals surface area contributed by atoms with Gasteiger partial charge < -0.3 is 5.32 Å². The molecule has 0 aliphatic carbocycles. The first-order chi connectivity index (χ1) is 8.24. The van der Waals surface area contributed by atoms with Crippen LogP contribution in [0.4, 0.5) is 0 Å². The number of nitrogens with one attached hydrogen (secondary N) is 1. The summed E-state index contributed by atoms with van der Waals surface area (Å²) in [7, 11) is 1.97. The van der Waals surface area contributed by atoms with Crippen molar-refractivity contribution in [2.45, 2.75) is 32.9 Å². The Morgan fingerprint density at radius 2 is 2.29 bits per heavy atom. The third kappa shape index (κ3) is 2.73. The van der Waals surface area contributed by atoms with E-state index in [-0.39, 0.29) is 6.04 Å². The first-order valence-electron chi connectivity index (χ1n) is 5.86. The van der Waals surface area contributed by atoms with E-state index in [1.165, 1.54) is 10.4 Å². The van der Waals surface area contributed by atoms with Gasteiger partial charge in [0.25, 0.3) is 0 Å². The molecular formula is C12H18N4S. The van der Waals surface area contributed by atoms with Crippen molar-refractivity contribution < 1.29 is 0 Å². The van der Waals surface area contributed by atoms with E-state index in [0.717, 1.165) is 18.0 Å². The van der Waals surface area contributed by atoms with E-state index < -0.39 is 0 Å². The minimum absolute atomic E-state index is 0.201. The van der Waals surface area contributed by atoms with Crippen LogP contribution in [0.25, 0.3) is 0 Å². The Hall–Kier alpha value is -1.20. The number of nitrogens with zero attached hydrogens (tertiary/aromatic N) is 3. The topological polar surface area (TPSA) is 42.7 Å². The van der Waals surface area contributed by atoms with Crippen LogP contribution < -0.4 is 5.32 Å². The molecule has 0 aliphatic rings. The lowest BCUT2D eigenvalue weighted by molar-refractivity contribution is 0.600. The van der Waals surface area contributed by atoms with Crippen LogP contribution in [0.2, 0.25) is 0 Å². The van der Waals surface area contributed by atoms with Crippen molar-refractivity contribution in [3.05, 3.63) is 34.0 Å². The Labute approximate surface area is 106 Å². The van der Waals surface area contributed by atoms with Gasteiger partial charge in [0.1, 0.15) is 0 Å². The van der Waals surface area contributed by atoms with Crippen molar-refractivity contribution in [1.82, 2.24) is 20.1 Å². The molecule has 0 aromatic carbocycles. The largest absolute Gasteiger partial charge is 0.309 e. The van der Waals surface area contributed by atoms with Gasteiger partial charge in [-0.25, -0.2) is 4.98 Å². The van der Waals surface area contributed by atoms with Crippen LogP contribution >= 0.6 is 11.3 Å². The molecule has 92 valence electrons. The van der Waals surface area contributed by atoms with Gasteiger partial charge in [0.2, 0.25) is 0 Å². The Morgan fingerprint density at radius 3 is 2.88 bits per heavy atom. The van der Waals surface area contributed by atoms with Crippen LogP contribution in [0.1, 0.15) is 34.8 Å². The Kier molecular flexibility index (Phi) is 3.91. The Bertz CT molecular complexity index is 474. The fourth-order valence-corrected chi connectivity index (χ4v) is 2.79. The van der Waals surface area contributed by atoms with E-state index in [1.807, 2.05) is 31.0 Å². The molecule has 0 aliphatic heterocycles. The lowest BCUT2D eigenvalue weighted by atomic mass is 10.1. The van der Waals surface area contributed by atoms with Crippen LogP contribution in [0.15, 0.2) is 18.6 Å². The zero-order valence-corrected chi connectivity index (χ0v) is 11.3. The average molecular weight is 250 g/mol. The molecule has 0 saturated carbocycles. The smallest absolute Gasteiger partial charge is 0.0897 e. The Balaban J connectivity index is 2.22. The second kappa shape index (κ2) is 5.42. The second-order valence-corrected chi connectivity index (χ2v) is 5.31. The second-order valence-electron chi connectivity index (χ2n) is 4.04. The number of hydrogen-bond donors (Lipinski definition) is 1. The summed E-state index contributed by atoms with van der Waals surface area (Å²) in [6.45, 7) is 5.16. The SMILES string of the molecule is CCCn1cc(C(NC)c2cnc(C)s2)cn1. The maximum Gasteiger partial charge on any atom is 0.0897 e. The van der Waals surface area contributed by atoms with Crippen molar-refractivity contribution in [2.75, 3.05) is 7.05 Å². The number of aryl methyl sites for hydroxylation is 2. The lowest BCUT2D eigenvalue weighted by Crippen LogP contribution is -2.15. The minimum atomic E-state index is 0.201. The predicted molar refractivity (Wildman–Crippen MR) is 70.3 cm³/mol. The third-order valence-corrected chi connectivity index (χ3v) is 3.63. The van der Waals surface area contributed by atoms with Crippen molar-refractivity contribution in [3.8, 4) is 0 Å². The molecule has 5 heteroatoms. The highest BCUT2D eigenvalue weighted by Crippen LogP contribution is 2.26. The van der Waals surface area contributed by atoms with Gasteiger partial charge >= 0.3 is 0 Å². The monoisotopic (exact) mass is 250 g/mol. The quantitative estimate of drug-likeness (QED) is 0.886. The number of rotatable bonds is 5. The fourth-order valence-electron chi connectivity index (χ4n) is 1.86. The normalized spacial score (nSPS) is 12.9. The van der Waals surface area contributed by atoms with Gasteiger partial charge in [-0.05, 0) is 20.4 Å². The molecule has 0 saturated heterocycles. The molecular weight excluding hydrogens is 232 g/mol. The van der Waals surface area contributed by atoms with E-state index in [1.54, 1.807) is 11.3 Å². The van der Waals surface area contributed by atoms with Gasteiger partial charge in [-0.3, -0.25) is 4.68 Å². The molecule has 2 aromatic heterocycles. The molecule has 0 amide bonds. The summed E-state index contributed by atoms with van der Waals surface area (Å²) in [6, 6.07) is 0.201. The summed E-state index contributed by atoms with van der Waals surface area (Å²) in [5.74, 6) is 0. The van der Waals surface area contributed by atoms with Crippen LogP contribution in [0.5, 0.6) is 0 Å². The van der Waals surface area contributed by atoms with Crippen LogP contribution in [0.3, 0.4) is 0 Å². The van der Waals surface area contributed by atoms with Crippen LogP contribution in [0, 0.1) is 6.92 Å². The zero-order chi connectivity index (χ0) is 12.3. The van der Waals surface area contributed by atoms with E-state index in [9.17, 15) is 0 Å². The third-order valence-electron chi connectivity index (χ3n) is 2.65. The average Bonchev–Trinajstić information content (AvgIpc) is 2.91. The highest BCUT2D eigenvalue weighted by Gasteiger charge is 2.16. The molecule has 2 aromatic rings. The van der Waals surface area contributed by atoms with Gasteiger partial charge in [-0.2, -0.15) is 5.10 Å². The first kappa shape index (κ1) is 12.3. The van der Waals surface area contributed by atoms with E-state index in [4.69, 9.17) is 0 Å². The maximum absolute atomic E-state index is 4.37. The standard InChI is InChI=1S/C12H18N4S/c1-4-5-16-8-10(6-15-16)12(13-3)11-7-14-9(2)17-11/h6-8,12-13H,4-5H2,1-3H3. The molecule has 1 unspecified atom stereocenters. The van der Waals surface area contributed by atoms with Crippen molar-refractivity contribution in [1.29, 1.82) is 0 Å². The lowest BCUT2D eigenvalue weighted by Gasteiger charge is -2.11. The summed E-state index contributed by atoms with van der Waals surface area (Å²) in [5, 5.41) is 8.79. The van der Waals surface area contributed by atoms with E-state index in [2.05, 4.69) is 28.5 Å². The maximum atomic E-state index is 4.37. The highest BCUT2D eigenvalue weighted by atomic mass is 32.1. The molecule has 0 fully saturated rings. The molecule has 0 bridgehead atoms. The summed E-state index contributed by atoms with van der Waals surface area (Å²) in [5.41, 5.74) is 1.20. The van der Waals surface area contributed by atoms with Crippen LogP contribution in [-0.2, 0) is 6.54 Å². The van der Waals surface area contributed by atoms with Crippen molar-refractivity contribution in [3.63, 3.8) is 0 Å². The molecule has 0 spiro atoms. The zero-order valence-electron chi connectivity index (χ0n) is 10.5.